The van der Waals surface area contributed by atoms with E-state index < -0.39 is 7.12 Å². The molecule has 1 atom stereocenters. The van der Waals surface area contributed by atoms with E-state index in [1.807, 2.05) is 12.1 Å². The van der Waals surface area contributed by atoms with Gasteiger partial charge in [0.2, 0.25) is 0 Å². The van der Waals surface area contributed by atoms with Crippen LogP contribution in [0.4, 0.5) is 0 Å². The Balaban J connectivity index is 2.56. The molecule has 0 radical (unpaired) electrons. The van der Waals surface area contributed by atoms with Crippen molar-refractivity contribution in [3.63, 3.8) is 0 Å². The molecule has 0 fully saturated rings. The smallest absolute Gasteiger partial charge is 0.423 e. The van der Waals surface area contributed by atoms with Crippen LogP contribution in [0.5, 0.6) is 0 Å². The fourth-order valence-corrected chi connectivity index (χ4v) is 1.82. The minimum atomic E-state index is -1.35. The zero-order valence-electron chi connectivity index (χ0n) is 9.48. The fourth-order valence-electron chi connectivity index (χ4n) is 1.82. The van der Waals surface area contributed by atoms with Gasteiger partial charge in [0.05, 0.1) is 0 Å². The summed E-state index contributed by atoms with van der Waals surface area (Å²) in [6, 6.07) is 7.50. The van der Waals surface area contributed by atoms with Crippen LogP contribution in [0.3, 0.4) is 0 Å². The van der Waals surface area contributed by atoms with Crippen molar-refractivity contribution in [1.29, 1.82) is 0 Å². The Morgan fingerprint density at radius 3 is 2.27 bits per heavy atom. The molecule has 82 valence electrons. The molecule has 1 aromatic rings. The third kappa shape index (κ3) is 4.06. The minimum Gasteiger partial charge on any atom is -0.423 e. The van der Waals surface area contributed by atoms with E-state index >= 15 is 0 Å². The van der Waals surface area contributed by atoms with Crippen LogP contribution >= 0.6 is 0 Å². The van der Waals surface area contributed by atoms with Gasteiger partial charge in [0.15, 0.2) is 0 Å². The van der Waals surface area contributed by atoms with Gasteiger partial charge >= 0.3 is 7.12 Å². The zero-order chi connectivity index (χ0) is 11.3. The lowest BCUT2D eigenvalue weighted by molar-refractivity contribution is 0.426. The maximum absolute atomic E-state index is 8.94. The van der Waals surface area contributed by atoms with E-state index in [4.69, 9.17) is 10.0 Å². The van der Waals surface area contributed by atoms with Crippen LogP contribution in [-0.2, 0) is 6.42 Å². The van der Waals surface area contributed by atoms with Crippen LogP contribution in [0.1, 0.15) is 32.3 Å². The van der Waals surface area contributed by atoms with E-state index in [9.17, 15) is 0 Å². The van der Waals surface area contributed by atoms with Crippen molar-refractivity contribution in [3.05, 3.63) is 29.8 Å². The highest BCUT2D eigenvalue weighted by atomic mass is 16.4. The molecule has 0 aromatic heterocycles. The molecule has 0 aliphatic rings. The highest BCUT2D eigenvalue weighted by Gasteiger charge is 2.10. The minimum absolute atomic E-state index is 0.557. The molecule has 0 aliphatic heterocycles. The first-order valence-corrected chi connectivity index (χ1v) is 5.58. The second-order valence-corrected chi connectivity index (χ2v) is 4.21. The SMILES string of the molecule is CCCC(C)Cc1ccc(B(O)O)cc1. The van der Waals surface area contributed by atoms with Crippen molar-refractivity contribution in [2.24, 2.45) is 5.92 Å². The molecule has 1 unspecified atom stereocenters. The zero-order valence-corrected chi connectivity index (χ0v) is 9.48. The summed E-state index contributed by atoms with van der Waals surface area (Å²) in [6.07, 6.45) is 3.52. The van der Waals surface area contributed by atoms with E-state index in [1.165, 1.54) is 18.4 Å². The van der Waals surface area contributed by atoms with Gasteiger partial charge < -0.3 is 10.0 Å². The molecule has 2 nitrogen and oxygen atoms in total. The standard InChI is InChI=1S/C12H19BO2/c1-3-4-10(2)9-11-5-7-12(8-6-11)13(14)15/h5-8,10,14-15H,3-4,9H2,1-2H3. The van der Waals surface area contributed by atoms with Crippen molar-refractivity contribution >= 4 is 12.6 Å². The van der Waals surface area contributed by atoms with Crippen molar-refractivity contribution in [2.45, 2.75) is 33.1 Å². The molecule has 1 rings (SSSR count). The maximum atomic E-state index is 8.94. The monoisotopic (exact) mass is 206 g/mol. The van der Waals surface area contributed by atoms with E-state index in [-0.39, 0.29) is 0 Å². The Kier molecular flexibility index (Phi) is 4.86. The van der Waals surface area contributed by atoms with Crippen molar-refractivity contribution in [2.75, 3.05) is 0 Å². The molecule has 0 bridgehead atoms. The summed E-state index contributed by atoms with van der Waals surface area (Å²) < 4.78 is 0. The lowest BCUT2D eigenvalue weighted by atomic mass is 9.79. The molecule has 0 amide bonds. The van der Waals surface area contributed by atoms with Crippen LogP contribution in [0, 0.1) is 5.92 Å². The Morgan fingerprint density at radius 1 is 1.20 bits per heavy atom. The van der Waals surface area contributed by atoms with Gasteiger partial charge in [-0.05, 0) is 23.4 Å². The Morgan fingerprint density at radius 2 is 1.80 bits per heavy atom. The summed E-state index contributed by atoms with van der Waals surface area (Å²) in [5, 5.41) is 17.9. The number of benzene rings is 1. The molecule has 2 N–H and O–H groups in total. The topological polar surface area (TPSA) is 40.5 Å². The third-order valence-electron chi connectivity index (χ3n) is 2.64. The van der Waals surface area contributed by atoms with E-state index in [0.717, 1.165) is 6.42 Å². The summed E-state index contributed by atoms with van der Waals surface area (Å²) in [7, 11) is -1.35. The Hall–Kier alpha value is -0.795. The molecule has 15 heavy (non-hydrogen) atoms. The highest BCUT2D eigenvalue weighted by Crippen LogP contribution is 2.12. The molecule has 1 aromatic carbocycles. The maximum Gasteiger partial charge on any atom is 0.488 e. The largest absolute Gasteiger partial charge is 0.488 e. The quantitative estimate of drug-likeness (QED) is 0.714. The van der Waals surface area contributed by atoms with Crippen LogP contribution in [0.25, 0.3) is 0 Å². The summed E-state index contributed by atoms with van der Waals surface area (Å²) in [5.41, 5.74) is 1.82. The number of rotatable bonds is 5. The van der Waals surface area contributed by atoms with E-state index in [1.54, 1.807) is 12.1 Å². The summed E-state index contributed by atoms with van der Waals surface area (Å²) in [4.78, 5) is 0. The van der Waals surface area contributed by atoms with Crippen LogP contribution in [-0.4, -0.2) is 17.2 Å². The lowest BCUT2D eigenvalue weighted by Gasteiger charge is -2.10. The van der Waals surface area contributed by atoms with Gasteiger partial charge in [0.1, 0.15) is 0 Å². The molecular weight excluding hydrogens is 187 g/mol. The Labute approximate surface area is 92.1 Å². The fraction of sp³-hybridized carbons (Fsp3) is 0.500. The molecule has 3 heteroatoms. The summed E-state index contributed by atoms with van der Waals surface area (Å²) in [6.45, 7) is 4.44. The first-order valence-electron chi connectivity index (χ1n) is 5.58. The van der Waals surface area contributed by atoms with Gasteiger partial charge in [0, 0.05) is 0 Å². The molecule has 0 saturated carbocycles. The average Bonchev–Trinajstić information content (AvgIpc) is 2.18. The van der Waals surface area contributed by atoms with Gasteiger partial charge in [-0.3, -0.25) is 0 Å². The van der Waals surface area contributed by atoms with E-state index in [2.05, 4.69) is 13.8 Å². The summed E-state index contributed by atoms with van der Waals surface area (Å²) in [5.74, 6) is 0.694. The number of hydrogen-bond donors (Lipinski definition) is 2. The first-order chi connectivity index (χ1) is 7.13. The van der Waals surface area contributed by atoms with Gasteiger partial charge in [-0.15, -0.1) is 0 Å². The van der Waals surface area contributed by atoms with Gasteiger partial charge in [-0.25, -0.2) is 0 Å². The lowest BCUT2D eigenvalue weighted by Crippen LogP contribution is -2.29. The normalized spacial score (nSPS) is 12.5. The second kappa shape index (κ2) is 5.94. The molecule has 0 saturated heterocycles. The highest BCUT2D eigenvalue weighted by molar-refractivity contribution is 6.58. The first kappa shape index (κ1) is 12.3. The van der Waals surface area contributed by atoms with Gasteiger partial charge in [-0.1, -0.05) is 51.0 Å². The van der Waals surface area contributed by atoms with Crippen LogP contribution < -0.4 is 5.46 Å². The third-order valence-corrected chi connectivity index (χ3v) is 2.64. The second-order valence-electron chi connectivity index (χ2n) is 4.21. The van der Waals surface area contributed by atoms with E-state index in [0.29, 0.717) is 11.4 Å². The van der Waals surface area contributed by atoms with Crippen LogP contribution in [0.15, 0.2) is 24.3 Å². The predicted octanol–water partition coefficient (Wildman–Crippen LogP) is 1.35. The molecule has 0 spiro atoms. The molecule has 0 heterocycles. The van der Waals surface area contributed by atoms with Crippen molar-refractivity contribution in [3.8, 4) is 0 Å². The average molecular weight is 206 g/mol. The van der Waals surface area contributed by atoms with Gasteiger partial charge in [-0.2, -0.15) is 0 Å². The molecule has 0 aliphatic carbocycles. The van der Waals surface area contributed by atoms with Crippen molar-refractivity contribution in [1.82, 2.24) is 0 Å². The predicted molar refractivity (Wildman–Crippen MR) is 64.0 cm³/mol. The molecular formula is C12H19BO2. The summed E-state index contributed by atoms with van der Waals surface area (Å²) >= 11 is 0. The number of hydrogen-bond acceptors (Lipinski definition) is 2. The Bertz CT molecular complexity index is 282. The van der Waals surface area contributed by atoms with Crippen molar-refractivity contribution < 1.29 is 10.0 Å². The van der Waals surface area contributed by atoms with Crippen LogP contribution in [0.2, 0.25) is 0 Å². The van der Waals surface area contributed by atoms with Gasteiger partial charge in [0.25, 0.3) is 0 Å².